The number of amides is 1. The van der Waals surface area contributed by atoms with Gasteiger partial charge in [0.25, 0.3) is 15.9 Å². The van der Waals surface area contributed by atoms with E-state index in [0.29, 0.717) is 30.0 Å². The second kappa shape index (κ2) is 6.40. The third-order valence-electron chi connectivity index (χ3n) is 4.27. The van der Waals surface area contributed by atoms with Gasteiger partial charge in [0.15, 0.2) is 0 Å². The highest BCUT2D eigenvalue weighted by molar-refractivity contribution is 7.92. The van der Waals surface area contributed by atoms with Crippen LogP contribution in [0.15, 0.2) is 47.4 Å². The highest BCUT2D eigenvalue weighted by Gasteiger charge is 2.33. The molecular weight excluding hydrogens is 340 g/mol. The van der Waals surface area contributed by atoms with Crippen LogP contribution in [0.25, 0.3) is 0 Å². The van der Waals surface area contributed by atoms with Crippen molar-refractivity contribution in [2.45, 2.75) is 11.3 Å². The van der Waals surface area contributed by atoms with Gasteiger partial charge in [-0.15, -0.1) is 0 Å². The number of carbonyl (C=O) groups excluding carboxylic acids is 1. The van der Waals surface area contributed by atoms with Crippen LogP contribution in [0.1, 0.15) is 15.9 Å². The van der Waals surface area contributed by atoms with Crippen molar-refractivity contribution in [1.29, 1.82) is 0 Å². The lowest BCUT2D eigenvalue weighted by Crippen LogP contribution is -2.29. The summed E-state index contributed by atoms with van der Waals surface area (Å²) in [6.07, 6.45) is 0.514. The van der Waals surface area contributed by atoms with Gasteiger partial charge in [0.2, 0.25) is 0 Å². The largest absolute Gasteiger partial charge is 0.497 e. The van der Waals surface area contributed by atoms with Crippen LogP contribution in [0.4, 0.5) is 5.69 Å². The van der Waals surface area contributed by atoms with E-state index < -0.39 is 10.0 Å². The molecule has 25 heavy (non-hydrogen) atoms. The van der Waals surface area contributed by atoms with E-state index in [2.05, 4.69) is 0 Å². The Bertz CT molecular complexity index is 905. The molecule has 1 heterocycles. The molecule has 0 aromatic heterocycles. The normalized spacial score (nSPS) is 13.5. The minimum absolute atomic E-state index is 0.124. The van der Waals surface area contributed by atoms with Crippen molar-refractivity contribution < 1.29 is 17.9 Å². The highest BCUT2D eigenvalue weighted by atomic mass is 32.2. The molecule has 1 aliphatic rings. The molecule has 1 aliphatic heterocycles. The van der Waals surface area contributed by atoms with Crippen LogP contribution in [0.2, 0.25) is 0 Å². The van der Waals surface area contributed by atoms with Crippen molar-refractivity contribution in [3.05, 3.63) is 53.6 Å². The summed E-state index contributed by atoms with van der Waals surface area (Å²) in [4.78, 5) is 14.0. The summed E-state index contributed by atoms with van der Waals surface area (Å²) in [6.45, 7) is 0.321. The second-order valence-electron chi connectivity index (χ2n) is 6.01. The van der Waals surface area contributed by atoms with E-state index in [1.54, 1.807) is 44.4 Å². The van der Waals surface area contributed by atoms with Crippen molar-refractivity contribution in [3.8, 4) is 5.75 Å². The van der Waals surface area contributed by atoms with Crippen molar-refractivity contribution in [3.63, 3.8) is 0 Å². The zero-order chi connectivity index (χ0) is 18.2. The van der Waals surface area contributed by atoms with Crippen LogP contribution >= 0.6 is 0 Å². The fourth-order valence-electron chi connectivity index (χ4n) is 2.97. The van der Waals surface area contributed by atoms with Crippen molar-refractivity contribution >= 4 is 21.6 Å². The molecule has 7 heteroatoms. The van der Waals surface area contributed by atoms with Gasteiger partial charge in [-0.1, -0.05) is 6.07 Å². The summed E-state index contributed by atoms with van der Waals surface area (Å²) in [5.74, 6) is 0.472. The molecule has 2 aromatic carbocycles. The Hall–Kier alpha value is -2.54. The van der Waals surface area contributed by atoms with Crippen LogP contribution in [-0.2, 0) is 16.4 Å². The number of carbonyl (C=O) groups is 1. The van der Waals surface area contributed by atoms with E-state index in [9.17, 15) is 13.2 Å². The van der Waals surface area contributed by atoms with E-state index in [1.165, 1.54) is 28.4 Å². The van der Waals surface area contributed by atoms with Crippen LogP contribution in [0.5, 0.6) is 5.75 Å². The van der Waals surface area contributed by atoms with Crippen LogP contribution < -0.4 is 9.04 Å². The topological polar surface area (TPSA) is 66.9 Å². The number of rotatable bonds is 4. The fourth-order valence-corrected chi connectivity index (χ4v) is 4.47. The number of nitrogens with zero attached hydrogens (tertiary/aromatic N) is 2. The minimum Gasteiger partial charge on any atom is -0.497 e. The van der Waals surface area contributed by atoms with E-state index >= 15 is 0 Å². The number of methoxy groups -OCH3 is 1. The molecule has 0 atom stereocenters. The maximum Gasteiger partial charge on any atom is 0.264 e. The first-order valence-corrected chi connectivity index (χ1v) is 9.30. The van der Waals surface area contributed by atoms with Gasteiger partial charge in [-0.05, 0) is 48.4 Å². The Kier molecular flexibility index (Phi) is 4.43. The zero-order valence-electron chi connectivity index (χ0n) is 14.4. The molecule has 0 unspecified atom stereocenters. The monoisotopic (exact) mass is 360 g/mol. The summed E-state index contributed by atoms with van der Waals surface area (Å²) in [6, 6.07) is 11.5. The molecule has 0 bridgehead atoms. The first-order chi connectivity index (χ1) is 11.9. The van der Waals surface area contributed by atoms with Crippen LogP contribution in [0, 0.1) is 0 Å². The molecule has 1 amide bonds. The smallest absolute Gasteiger partial charge is 0.264 e. The number of hydrogen-bond acceptors (Lipinski definition) is 4. The molecule has 3 rings (SSSR count). The number of hydrogen-bond donors (Lipinski definition) is 0. The highest BCUT2D eigenvalue weighted by Crippen LogP contribution is 2.35. The average molecular weight is 360 g/mol. The number of fused-ring (bicyclic) bond motifs is 1. The summed E-state index contributed by atoms with van der Waals surface area (Å²) in [5.41, 5.74) is 1.90. The molecule has 0 saturated carbocycles. The van der Waals surface area contributed by atoms with Gasteiger partial charge in [0, 0.05) is 26.2 Å². The van der Waals surface area contributed by atoms with E-state index in [-0.39, 0.29) is 10.8 Å². The van der Waals surface area contributed by atoms with Crippen molar-refractivity contribution in [1.82, 2.24) is 4.90 Å². The fraction of sp³-hybridized carbons (Fsp3) is 0.278. The maximum absolute atomic E-state index is 13.0. The van der Waals surface area contributed by atoms with E-state index in [0.717, 1.165) is 5.56 Å². The van der Waals surface area contributed by atoms with Crippen molar-refractivity contribution in [2.24, 2.45) is 0 Å². The third kappa shape index (κ3) is 2.95. The molecule has 0 N–H and O–H groups in total. The summed E-state index contributed by atoms with van der Waals surface area (Å²) in [7, 11) is 1.21. The lowest BCUT2D eigenvalue weighted by molar-refractivity contribution is 0.0826. The Balaban J connectivity index is 2.02. The minimum atomic E-state index is -3.69. The maximum atomic E-state index is 13.0. The average Bonchev–Trinajstić information content (AvgIpc) is 3.06. The SMILES string of the molecule is COc1ccc(S(=O)(=O)N2CCc3c(C(=O)N(C)C)cccc32)cc1. The first kappa shape index (κ1) is 17.3. The van der Waals surface area contributed by atoms with Gasteiger partial charge in [-0.25, -0.2) is 8.42 Å². The summed E-state index contributed by atoms with van der Waals surface area (Å²) < 4.78 is 32.5. The lowest BCUT2D eigenvalue weighted by Gasteiger charge is -2.20. The van der Waals surface area contributed by atoms with E-state index in [4.69, 9.17) is 4.74 Å². The Morgan fingerprint density at radius 1 is 1.12 bits per heavy atom. The summed E-state index contributed by atoms with van der Waals surface area (Å²) in [5, 5.41) is 0. The van der Waals surface area contributed by atoms with Gasteiger partial charge < -0.3 is 9.64 Å². The predicted octanol–water partition coefficient (Wildman–Crippen LogP) is 2.15. The standard InChI is InChI=1S/C18H20N2O4S/c1-19(2)18(21)16-5-4-6-17-15(16)11-12-20(17)25(22,23)14-9-7-13(24-3)8-10-14/h4-10H,11-12H2,1-3H3. The predicted molar refractivity (Wildman–Crippen MR) is 95.7 cm³/mol. The van der Waals surface area contributed by atoms with Gasteiger partial charge >= 0.3 is 0 Å². The van der Waals surface area contributed by atoms with Crippen LogP contribution in [0.3, 0.4) is 0 Å². The Labute approximate surface area is 147 Å². The molecule has 0 spiro atoms. The Morgan fingerprint density at radius 2 is 1.80 bits per heavy atom. The van der Waals surface area contributed by atoms with Gasteiger partial charge in [-0.3, -0.25) is 9.10 Å². The molecule has 0 saturated heterocycles. The summed E-state index contributed by atoms with van der Waals surface area (Å²) >= 11 is 0. The number of sulfonamides is 1. The molecule has 132 valence electrons. The molecular formula is C18H20N2O4S. The zero-order valence-corrected chi connectivity index (χ0v) is 15.2. The molecule has 0 radical (unpaired) electrons. The molecule has 0 aliphatic carbocycles. The first-order valence-electron chi connectivity index (χ1n) is 7.86. The van der Waals surface area contributed by atoms with Gasteiger partial charge in [0.1, 0.15) is 5.75 Å². The number of ether oxygens (including phenoxy) is 1. The molecule has 0 fully saturated rings. The van der Waals surface area contributed by atoms with Gasteiger partial charge in [0.05, 0.1) is 17.7 Å². The Morgan fingerprint density at radius 3 is 2.40 bits per heavy atom. The quantitative estimate of drug-likeness (QED) is 0.838. The lowest BCUT2D eigenvalue weighted by atomic mass is 10.0. The molecule has 2 aromatic rings. The van der Waals surface area contributed by atoms with Gasteiger partial charge in [-0.2, -0.15) is 0 Å². The van der Waals surface area contributed by atoms with Crippen molar-refractivity contribution in [2.75, 3.05) is 32.1 Å². The number of benzene rings is 2. The van der Waals surface area contributed by atoms with E-state index in [1.807, 2.05) is 0 Å². The third-order valence-corrected chi connectivity index (χ3v) is 6.10. The second-order valence-corrected chi connectivity index (χ2v) is 7.87. The molecule has 6 nitrogen and oxygen atoms in total. The number of anilines is 1. The van der Waals surface area contributed by atoms with Crippen LogP contribution in [-0.4, -0.2) is 47.0 Å².